The maximum atomic E-state index is 14.9. The van der Waals surface area contributed by atoms with Gasteiger partial charge in [-0.25, -0.2) is 9.37 Å². The Bertz CT molecular complexity index is 1360. The number of aliphatic hydroxyl groups is 1. The minimum Gasteiger partial charge on any atom is -0.424 e. The Hall–Kier alpha value is -3.67. The zero-order chi connectivity index (χ0) is 25.2. The molecule has 0 saturated heterocycles. The Balaban J connectivity index is 1.52. The number of rotatable bonds is 9. The van der Waals surface area contributed by atoms with Gasteiger partial charge in [0, 0.05) is 23.9 Å². The second-order valence-electron chi connectivity index (χ2n) is 8.43. The predicted molar refractivity (Wildman–Crippen MR) is 131 cm³/mol. The van der Waals surface area contributed by atoms with Crippen molar-refractivity contribution in [2.24, 2.45) is 5.73 Å². The van der Waals surface area contributed by atoms with Crippen molar-refractivity contribution in [1.29, 1.82) is 0 Å². The molecule has 0 fully saturated rings. The number of thiophene rings is 1. The van der Waals surface area contributed by atoms with Gasteiger partial charge in [0.2, 0.25) is 11.8 Å². The SMILES string of the molecule is Cc1nnc(CNCc2cccc(Nc3sc(-c4ccc(C(C)(C)O)cc4F)cc3C(N)=O)n2)o1. The van der Waals surface area contributed by atoms with Crippen LogP contribution in [-0.4, -0.2) is 26.2 Å². The number of halogens is 1. The predicted octanol–water partition coefficient (Wildman–Crippen LogP) is 4.00. The van der Waals surface area contributed by atoms with Crippen molar-refractivity contribution < 1.29 is 18.7 Å². The van der Waals surface area contributed by atoms with Crippen LogP contribution in [0.1, 0.15) is 47.2 Å². The summed E-state index contributed by atoms with van der Waals surface area (Å²) in [6.07, 6.45) is 0. The lowest BCUT2D eigenvalue weighted by molar-refractivity contribution is 0.0782. The smallest absolute Gasteiger partial charge is 0.251 e. The lowest BCUT2D eigenvalue weighted by Crippen LogP contribution is -2.15. The summed E-state index contributed by atoms with van der Waals surface area (Å²) in [7, 11) is 0. The van der Waals surface area contributed by atoms with E-state index >= 15 is 0 Å². The van der Waals surface area contributed by atoms with E-state index in [0.717, 1.165) is 5.69 Å². The second-order valence-corrected chi connectivity index (χ2v) is 9.48. The maximum absolute atomic E-state index is 14.9. The average molecular weight is 497 g/mol. The van der Waals surface area contributed by atoms with Crippen LogP contribution >= 0.6 is 11.3 Å². The van der Waals surface area contributed by atoms with Crippen LogP contribution in [0, 0.1) is 12.7 Å². The number of amides is 1. The molecule has 4 rings (SSSR count). The Kier molecular flexibility index (Phi) is 6.92. The highest BCUT2D eigenvalue weighted by molar-refractivity contribution is 7.19. The van der Waals surface area contributed by atoms with E-state index in [4.69, 9.17) is 10.2 Å². The molecule has 3 aromatic heterocycles. The molecule has 0 radical (unpaired) electrons. The molecular weight excluding hydrogens is 471 g/mol. The summed E-state index contributed by atoms with van der Waals surface area (Å²) in [5.41, 5.74) is 6.15. The lowest BCUT2D eigenvalue weighted by atomic mass is 9.96. The van der Waals surface area contributed by atoms with Crippen LogP contribution in [0.4, 0.5) is 15.2 Å². The number of nitrogens with one attached hydrogen (secondary N) is 2. The van der Waals surface area contributed by atoms with Crippen molar-refractivity contribution >= 4 is 28.1 Å². The topological polar surface area (TPSA) is 139 Å². The molecule has 0 aliphatic rings. The van der Waals surface area contributed by atoms with Crippen LogP contribution in [0.15, 0.2) is 46.9 Å². The summed E-state index contributed by atoms with van der Waals surface area (Å²) in [5, 5.41) is 24.6. The van der Waals surface area contributed by atoms with Gasteiger partial charge < -0.3 is 25.9 Å². The summed E-state index contributed by atoms with van der Waals surface area (Å²) in [4.78, 5) is 17.2. The van der Waals surface area contributed by atoms with Gasteiger partial charge in [0.15, 0.2) is 0 Å². The van der Waals surface area contributed by atoms with Gasteiger partial charge in [-0.15, -0.1) is 21.5 Å². The normalized spacial score (nSPS) is 11.6. The van der Waals surface area contributed by atoms with Crippen molar-refractivity contribution in [2.45, 2.75) is 39.5 Å². The molecule has 4 aromatic rings. The van der Waals surface area contributed by atoms with E-state index < -0.39 is 17.3 Å². The van der Waals surface area contributed by atoms with E-state index in [0.29, 0.717) is 51.7 Å². The summed E-state index contributed by atoms with van der Waals surface area (Å²) in [6.45, 7) is 5.75. The van der Waals surface area contributed by atoms with E-state index in [2.05, 4.69) is 25.8 Å². The zero-order valence-electron chi connectivity index (χ0n) is 19.4. The van der Waals surface area contributed by atoms with Gasteiger partial charge in [-0.1, -0.05) is 18.2 Å². The van der Waals surface area contributed by atoms with Gasteiger partial charge >= 0.3 is 0 Å². The number of pyridine rings is 1. The van der Waals surface area contributed by atoms with Gasteiger partial charge in [0.1, 0.15) is 16.6 Å². The van der Waals surface area contributed by atoms with Crippen LogP contribution in [0.25, 0.3) is 10.4 Å². The number of benzene rings is 1. The third-order valence-corrected chi connectivity index (χ3v) is 6.22. The number of hydrogen-bond acceptors (Lipinski definition) is 9. The highest BCUT2D eigenvalue weighted by Crippen LogP contribution is 2.38. The number of aryl methyl sites for hydroxylation is 1. The fourth-order valence-electron chi connectivity index (χ4n) is 3.37. The van der Waals surface area contributed by atoms with Crippen LogP contribution < -0.4 is 16.4 Å². The van der Waals surface area contributed by atoms with Gasteiger partial charge in [-0.3, -0.25) is 4.79 Å². The molecule has 182 valence electrons. The Morgan fingerprint density at radius 3 is 2.66 bits per heavy atom. The molecule has 11 heteroatoms. The number of primary amides is 1. The van der Waals surface area contributed by atoms with Crippen molar-refractivity contribution in [3.63, 3.8) is 0 Å². The Labute approximate surface area is 205 Å². The summed E-state index contributed by atoms with van der Waals surface area (Å²) < 4.78 is 20.2. The molecule has 0 unspecified atom stereocenters. The molecule has 9 nitrogen and oxygen atoms in total. The maximum Gasteiger partial charge on any atom is 0.251 e. The van der Waals surface area contributed by atoms with Crippen LogP contribution in [0.2, 0.25) is 0 Å². The van der Waals surface area contributed by atoms with Gasteiger partial charge in [0.05, 0.1) is 23.4 Å². The van der Waals surface area contributed by atoms with E-state index in [-0.39, 0.29) is 5.56 Å². The molecule has 35 heavy (non-hydrogen) atoms. The van der Waals surface area contributed by atoms with Crippen LogP contribution in [-0.2, 0) is 18.7 Å². The van der Waals surface area contributed by atoms with Gasteiger partial charge in [0.25, 0.3) is 5.91 Å². The van der Waals surface area contributed by atoms with E-state index in [9.17, 15) is 14.3 Å². The quantitative estimate of drug-likeness (QED) is 0.273. The molecule has 0 atom stereocenters. The van der Waals surface area contributed by atoms with Gasteiger partial charge in [-0.05, 0) is 43.7 Å². The van der Waals surface area contributed by atoms with Crippen molar-refractivity contribution in [1.82, 2.24) is 20.5 Å². The monoisotopic (exact) mass is 496 g/mol. The van der Waals surface area contributed by atoms with Crippen molar-refractivity contribution in [3.05, 3.63) is 76.9 Å². The lowest BCUT2D eigenvalue weighted by Gasteiger charge is -2.18. The third-order valence-electron chi connectivity index (χ3n) is 5.14. The first kappa shape index (κ1) is 24.5. The molecule has 0 saturated carbocycles. The summed E-state index contributed by atoms with van der Waals surface area (Å²) in [5.74, 6) is 0.343. The second kappa shape index (κ2) is 9.90. The number of nitrogens with two attached hydrogens (primary N) is 1. The van der Waals surface area contributed by atoms with E-state index in [1.165, 1.54) is 17.4 Å². The molecule has 0 aliphatic heterocycles. The number of hydrogen-bond donors (Lipinski definition) is 4. The fraction of sp³-hybridized carbons (Fsp3) is 0.250. The number of nitrogens with zero attached hydrogens (tertiary/aromatic N) is 3. The van der Waals surface area contributed by atoms with Crippen LogP contribution in [0.5, 0.6) is 0 Å². The largest absolute Gasteiger partial charge is 0.424 e. The highest BCUT2D eigenvalue weighted by atomic mass is 32.1. The molecule has 5 N–H and O–H groups in total. The fourth-order valence-corrected chi connectivity index (χ4v) is 4.46. The third kappa shape index (κ3) is 5.88. The minimum atomic E-state index is -1.17. The molecule has 0 spiro atoms. The van der Waals surface area contributed by atoms with E-state index in [1.807, 2.05) is 12.1 Å². The zero-order valence-corrected chi connectivity index (χ0v) is 20.2. The van der Waals surface area contributed by atoms with Crippen LogP contribution in [0.3, 0.4) is 0 Å². The van der Waals surface area contributed by atoms with E-state index in [1.54, 1.807) is 45.0 Å². The summed E-state index contributed by atoms with van der Waals surface area (Å²) in [6, 6.07) is 11.5. The first-order valence-corrected chi connectivity index (χ1v) is 11.6. The standard InChI is InChI=1S/C24H25FN6O3S/c1-13-30-31-21(34-13)12-27-11-15-5-4-6-20(28-15)29-23-17(22(26)32)10-19(35-23)16-8-7-14(9-18(16)25)24(2,3)33/h4-10,27,33H,11-12H2,1-3H3,(H2,26,32)(H,28,29). The Morgan fingerprint density at radius 1 is 1.20 bits per heavy atom. The first-order chi connectivity index (χ1) is 16.6. The van der Waals surface area contributed by atoms with Crippen molar-refractivity contribution in [2.75, 3.05) is 5.32 Å². The minimum absolute atomic E-state index is 0.230. The number of anilines is 2. The summed E-state index contributed by atoms with van der Waals surface area (Å²) >= 11 is 1.19. The number of aromatic nitrogens is 3. The molecule has 0 aliphatic carbocycles. The van der Waals surface area contributed by atoms with Crippen molar-refractivity contribution in [3.8, 4) is 10.4 Å². The molecule has 1 amide bonds. The molecule has 0 bridgehead atoms. The van der Waals surface area contributed by atoms with Gasteiger partial charge in [-0.2, -0.15) is 0 Å². The molecular formula is C24H25FN6O3S. The Morgan fingerprint density at radius 2 is 2.00 bits per heavy atom. The number of carbonyl (C=O) groups is 1. The highest BCUT2D eigenvalue weighted by Gasteiger charge is 2.21. The number of carbonyl (C=O) groups excluding carboxylic acids is 1. The molecule has 1 aromatic carbocycles. The average Bonchev–Trinajstić information content (AvgIpc) is 3.39. The molecule has 3 heterocycles. The first-order valence-electron chi connectivity index (χ1n) is 10.8.